The summed E-state index contributed by atoms with van der Waals surface area (Å²) >= 11 is 0.887. The van der Waals surface area contributed by atoms with E-state index in [4.69, 9.17) is 4.74 Å². The van der Waals surface area contributed by atoms with Crippen molar-refractivity contribution in [2.45, 2.75) is 39.7 Å². The van der Waals surface area contributed by atoms with Gasteiger partial charge in [-0.05, 0) is 46.1 Å². The molecule has 8 nitrogen and oxygen atoms in total. The lowest BCUT2D eigenvalue weighted by Crippen LogP contribution is -2.51. The second-order valence-electron chi connectivity index (χ2n) is 9.54. The van der Waals surface area contributed by atoms with Crippen molar-refractivity contribution in [1.29, 1.82) is 0 Å². The lowest BCUT2D eigenvalue weighted by Gasteiger charge is -2.30. The van der Waals surface area contributed by atoms with Crippen LogP contribution in [0.2, 0.25) is 0 Å². The molecule has 0 aliphatic heterocycles. The van der Waals surface area contributed by atoms with Crippen LogP contribution in [0.15, 0.2) is 48.5 Å². The Bertz CT molecular complexity index is 1250. The van der Waals surface area contributed by atoms with Gasteiger partial charge in [0.1, 0.15) is 23.2 Å². The first-order valence-corrected chi connectivity index (χ1v) is 12.0. The van der Waals surface area contributed by atoms with E-state index in [1.807, 2.05) is 36.4 Å². The van der Waals surface area contributed by atoms with Crippen molar-refractivity contribution in [2.75, 3.05) is 11.9 Å². The van der Waals surface area contributed by atoms with Crippen LogP contribution in [-0.4, -0.2) is 40.1 Å². The second kappa shape index (κ2) is 9.50. The quantitative estimate of drug-likeness (QED) is 0.443. The number of rotatable bonds is 6. The molecular weight excluding hydrogens is 466 g/mol. The molecule has 1 aliphatic carbocycles. The molecule has 1 heterocycles. The highest BCUT2D eigenvalue weighted by molar-refractivity contribution is 7.11. The summed E-state index contributed by atoms with van der Waals surface area (Å²) in [6.45, 7) is 7.09. The zero-order chi connectivity index (χ0) is 25.3. The summed E-state index contributed by atoms with van der Waals surface area (Å²) in [5.74, 6) is -1.83. The molecule has 0 spiro atoms. The molecule has 0 fully saturated rings. The number of carbonyl (C=O) groups excluding carboxylic acids is 2. The number of ether oxygens (including phenoxy) is 1. The van der Waals surface area contributed by atoms with Crippen LogP contribution in [0, 0.1) is 12.3 Å². The molecule has 1 aromatic heterocycles. The van der Waals surface area contributed by atoms with Gasteiger partial charge in [-0.1, -0.05) is 69.3 Å². The van der Waals surface area contributed by atoms with Crippen LogP contribution >= 0.6 is 11.5 Å². The summed E-state index contributed by atoms with van der Waals surface area (Å²) in [4.78, 5) is 37.4. The fourth-order valence-electron chi connectivity index (χ4n) is 4.32. The Kier molecular flexibility index (Phi) is 6.62. The number of amides is 2. The molecule has 182 valence electrons. The van der Waals surface area contributed by atoms with E-state index in [2.05, 4.69) is 27.1 Å². The number of aromatic carboxylic acids is 1. The van der Waals surface area contributed by atoms with E-state index in [1.54, 1.807) is 27.7 Å². The van der Waals surface area contributed by atoms with Gasteiger partial charge in [0, 0.05) is 5.92 Å². The van der Waals surface area contributed by atoms with Crippen molar-refractivity contribution >= 4 is 34.5 Å². The van der Waals surface area contributed by atoms with Crippen molar-refractivity contribution in [1.82, 2.24) is 9.69 Å². The molecule has 0 saturated heterocycles. The first kappa shape index (κ1) is 24.4. The molecule has 3 N–H and O–H groups in total. The zero-order valence-corrected chi connectivity index (χ0v) is 20.7. The Morgan fingerprint density at radius 3 is 2.17 bits per heavy atom. The normalized spacial score (nSPS) is 13.5. The average molecular weight is 494 g/mol. The SMILES string of the molecule is Cc1nsc(NC(=O)[C@H](NC(=O)OCC2c3ccccc3-c3ccccc32)C(C)(C)C)c1C(=O)O. The third kappa shape index (κ3) is 4.90. The zero-order valence-electron chi connectivity index (χ0n) is 19.9. The maximum absolute atomic E-state index is 13.1. The van der Waals surface area contributed by atoms with Crippen molar-refractivity contribution in [3.8, 4) is 11.1 Å². The predicted molar refractivity (Wildman–Crippen MR) is 134 cm³/mol. The molecule has 0 saturated carbocycles. The van der Waals surface area contributed by atoms with Crippen molar-refractivity contribution in [3.63, 3.8) is 0 Å². The molecule has 1 atom stereocenters. The molecule has 1 aliphatic rings. The maximum Gasteiger partial charge on any atom is 0.407 e. The van der Waals surface area contributed by atoms with E-state index in [0.717, 1.165) is 33.8 Å². The number of carboxylic acids is 1. The number of hydrogen-bond acceptors (Lipinski definition) is 6. The van der Waals surface area contributed by atoms with Crippen LogP contribution < -0.4 is 10.6 Å². The minimum atomic E-state index is -1.18. The number of aryl methyl sites for hydroxylation is 1. The first-order chi connectivity index (χ1) is 16.6. The molecule has 35 heavy (non-hydrogen) atoms. The van der Waals surface area contributed by atoms with E-state index in [1.165, 1.54) is 0 Å². The number of hydrogen-bond donors (Lipinski definition) is 3. The summed E-state index contributed by atoms with van der Waals surface area (Å²) in [6.07, 6.45) is -0.721. The first-order valence-electron chi connectivity index (χ1n) is 11.2. The van der Waals surface area contributed by atoms with E-state index in [-0.39, 0.29) is 23.1 Å². The highest BCUT2D eigenvalue weighted by Crippen LogP contribution is 2.44. The topological polar surface area (TPSA) is 118 Å². The summed E-state index contributed by atoms with van der Waals surface area (Å²) in [7, 11) is 0. The molecule has 2 aromatic carbocycles. The highest BCUT2D eigenvalue weighted by atomic mass is 32.1. The van der Waals surface area contributed by atoms with Gasteiger partial charge < -0.3 is 20.5 Å². The van der Waals surface area contributed by atoms with Crippen LogP contribution in [0.3, 0.4) is 0 Å². The summed E-state index contributed by atoms with van der Waals surface area (Å²) in [5.41, 5.74) is 4.02. The van der Waals surface area contributed by atoms with E-state index < -0.39 is 29.4 Å². The minimum Gasteiger partial charge on any atom is -0.478 e. The van der Waals surface area contributed by atoms with Gasteiger partial charge in [0.25, 0.3) is 0 Å². The Hall–Kier alpha value is -3.72. The highest BCUT2D eigenvalue weighted by Gasteiger charge is 2.35. The van der Waals surface area contributed by atoms with E-state index in [0.29, 0.717) is 5.69 Å². The Labute approximate surface area is 207 Å². The number of anilines is 1. The van der Waals surface area contributed by atoms with Crippen LogP contribution in [0.4, 0.5) is 9.80 Å². The Morgan fingerprint density at radius 2 is 1.63 bits per heavy atom. The van der Waals surface area contributed by atoms with Crippen molar-refractivity contribution < 1.29 is 24.2 Å². The van der Waals surface area contributed by atoms with Crippen LogP contribution in [0.1, 0.15) is 53.9 Å². The van der Waals surface area contributed by atoms with Crippen molar-refractivity contribution in [3.05, 3.63) is 70.9 Å². The fraction of sp³-hybridized carbons (Fsp3) is 0.308. The monoisotopic (exact) mass is 493 g/mol. The van der Waals surface area contributed by atoms with Crippen LogP contribution in [0.5, 0.6) is 0 Å². The molecule has 2 amide bonds. The standard InChI is InChI=1S/C26H27N3O5S/c1-14-20(24(31)32)23(35-29-14)28-22(30)21(26(2,3)4)27-25(33)34-13-19-17-11-7-5-9-15(17)16-10-6-8-12-18(16)19/h5-12,19,21H,13H2,1-4H3,(H,27,33)(H,28,30)(H,31,32)/t21-/m0/s1. The van der Waals surface area contributed by atoms with E-state index in [9.17, 15) is 19.5 Å². The van der Waals surface area contributed by atoms with Gasteiger partial charge in [-0.25, -0.2) is 9.59 Å². The van der Waals surface area contributed by atoms with Gasteiger partial charge in [0.2, 0.25) is 5.91 Å². The summed E-state index contributed by atoms with van der Waals surface area (Å²) in [5, 5.41) is 14.8. The average Bonchev–Trinajstić information content (AvgIpc) is 3.32. The molecule has 0 bridgehead atoms. The Morgan fingerprint density at radius 1 is 1.06 bits per heavy atom. The molecule has 3 aromatic rings. The number of carbonyl (C=O) groups is 3. The lowest BCUT2D eigenvalue weighted by molar-refractivity contribution is -0.120. The number of benzene rings is 2. The van der Waals surface area contributed by atoms with Gasteiger partial charge in [0.05, 0.1) is 5.69 Å². The van der Waals surface area contributed by atoms with Crippen LogP contribution in [0.25, 0.3) is 11.1 Å². The number of nitrogens with zero attached hydrogens (tertiary/aromatic N) is 1. The third-order valence-corrected chi connectivity index (χ3v) is 6.90. The minimum absolute atomic E-state index is 0.0582. The largest absolute Gasteiger partial charge is 0.478 e. The van der Waals surface area contributed by atoms with Crippen LogP contribution in [-0.2, 0) is 9.53 Å². The third-order valence-electron chi connectivity index (χ3n) is 6.05. The molecule has 9 heteroatoms. The fourth-order valence-corrected chi connectivity index (χ4v) is 5.12. The number of alkyl carbamates (subject to hydrolysis) is 1. The predicted octanol–water partition coefficient (Wildman–Crippen LogP) is 5.04. The summed E-state index contributed by atoms with van der Waals surface area (Å²) < 4.78 is 9.62. The second-order valence-corrected chi connectivity index (χ2v) is 10.3. The molecular formula is C26H27N3O5S. The van der Waals surface area contributed by atoms with Crippen molar-refractivity contribution in [2.24, 2.45) is 5.41 Å². The number of carboxylic acid groups (broad SMARTS) is 1. The smallest absolute Gasteiger partial charge is 0.407 e. The number of fused-ring (bicyclic) bond motifs is 3. The number of nitrogens with one attached hydrogen (secondary N) is 2. The number of aromatic nitrogens is 1. The summed E-state index contributed by atoms with van der Waals surface area (Å²) in [6, 6.07) is 15.1. The lowest BCUT2D eigenvalue weighted by atomic mass is 9.86. The van der Waals surface area contributed by atoms with Gasteiger partial charge >= 0.3 is 12.1 Å². The van der Waals surface area contributed by atoms with Gasteiger partial charge in [-0.15, -0.1) is 0 Å². The molecule has 0 unspecified atom stereocenters. The maximum atomic E-state index is 13.1. The molecule has 4 rings (SSSR count). The van der Waals surface area contributed by atoms with Gasteiger partial charge in [-0.3, -0.25) is 4.79 Å². The molecule has 0 radical (unpaired) electrons. The van der Waals surface area contributed by atoms with Gasteiger partial charge in [-0.2, -0.15) is 4.37 Å². The van der Waals surface area contributed by atoms with Gasteiger partial charge in [0.15, 0.2) is 0 Å². The Balaban J connectivity index is 1.47. The van der Waals surface area contributed by atoms with E-state index >= 15 is 0 Å².